The average molecular weight is 318 g/mol. The molecule has 18 heavy (non-hydrogen) atoms. The molecule has 1 atom stereocenters. The van der Waals surface area contributed by atoms with Crippen LogP contribution in [0.4, 0.5) is 4.39 Å². The minimum Gasteiger partial charge on any atom is -0.381 e. The zero-order valence-electron chi connectivity index (χ0n) is 11.0. The summed E-state index contributed by atoms with van der Waals surface area (Å²) in [6.07, 6.45) is 1.79. The van der Waals surface area contributed by atoms with Crippen molar-refractivity contribution in [2.75, 3.05) is 19.8 Å². The maximum Gasteiger partial charge on any atom is 0.142 e. The third-order valence-electron chi connectivity index (χ3n) is 2.71. The summed E-state index contributed by atoms with van der Waals surface area (Å²) in [6, 6.07) is 5.41. The number of rotatable bonds is 8. The molecule has 0 saturated carbocycles. The Hall–Kier alpha value is -0.450. The SMILES string of the molecule is CCCOCCC(NCC)c1cccc(Br)c1F. The Kier molecular flexibility index (Phi) is 7.47. The number of benzene rings is 1. The highest BCUT2D eigenvalue weighted by Crippen LogP contribution is 2.25. The monoisotopic (exact) mass is 317 g/mol. The summed E-state index contributed by atoms with van der Waals surface area (Å²) >= 11 is 3.22. The van der Waals surface area contributed by atoms with Crippen LogP contribution in [-0.4, -0.2) is 19.8 Å². The molecule has 0 radical (unpaired) electrons. The number of halogens is 2. The highest BCUT2D eigenvalue weighted by atomic mass is 79.9. The number of hydrogen-bond donors (Lipinski definition) is 1. The van der Waals surface area contributed by atoms with Gasteiger partial charge in [-0.05, 0) is 41.4 Å². The molecule has 1 aromatic rings. The zero-order chi connectivity index (χ0) is 13.4. The lowest BCUT2D eigenvalue weighted by Gasteiger charge is -2.19. The Bertz CT molecular complexity index is 360. The van der Waals surface area contributed by atoms with E-state index in [1.54, 1.807) is 6.07 Å². The van der Waals surface area contributed by atoms with Crippen LogP contribution in [-0.2, 0) is 4.74 Å². The predicted molar refractivity (Wildman–Crippen MR) is 76.2 cm³/mol. The van der Waals surface area contributed by atoms with Crippen molar-refractivity contribution in [3.63, 3.8) is 0 Å². The molecule has 1 N–H and O–H groups in total. The Morgan fingerprint density at radius 1 is 1.33 bits per heavy atom. The third-order valence-corrected chi connectivity index (χ3v) is 3.32. The first-order chi connectivity index (χ1) is 8.70. The summed E-state index contributed by atoms with van der Waals surface area (Å²) in [4.78, 5) is 0. The van der Waals surface area contributed by atoms with Crippen molar-refractivity contribution >= 4 is 15.9 Å². The number of hydrogen-bond acceptors (Lipinski definition) is 2. The van der Waals surface area contributed by atoms with Gasteiger partial charge in [-0.15, -0.1) is 0 Å². The summed E-state index contributed by atoms with van der Waals surface area (Å²) < 4.78 is 20.0. The predicted octanol–water partition coefficient (Wildman–Crippen LogP) is 4.06. The molecule has 0 aliphatic carbocycles. The van der Waals surface area contributed by atoms with Gasteiger partial charge in [0.15, 0.2) is 0 Å². The molecule has 0 amide bonds. The lowest BCUT2D eigenvalue weighted by atomic mass is 10.0. The Balaban J connectivity index is 2.68. The fourth-order valence-electron chi connectivity index (χ4n) is 1.85. The van der Waals surface area contributed by atoms with E-state index in [1.807, 2.05) is 19.1 Å². The van der Waals surface area contributed by atoms with E-state index >= 15 is 0 Å². The molecule has 1 rings (SSSR count). The van der Waals surface area contributed by atoms with Crippen molar-refractivity contribution in [3.8, 4) is 0 Å². The van der Waals surface area contributed by atoms with E-state index in [9.17, 15) is 4.39 Å². The van der Waals surface area contributed by atoms with Crippen molar-refractivity contribution in [1.82, 2.24) is 5.32 Å². The Morgan fingerprint density at radius 3 is 2.78 bits per heavy atom. The molecule has 0 spiro atoms. The molecule has 0 aliphatic heterocycles. The standard InChI is InChI=1S/C14H21BrFNO/c1-3-9-18-10-8-13(17-4-2)11-6-5-7-12(15)14(11)16/h5-7,13,17H,3-4,8-10H2,1-2H3. The summed E-state index contributed by atoms with van der Waals surface area (Å²) in [5, 5.41) is 3.30. The maximum atomic E-state index is 14.0. The molecule has 2 nitrogen and oxygen atoms in total. The Morgan fingerprint density at radius 2 is 2.11 bits per heavy atom. The van der Waals surface area contributed by atoms with Gasteiger partial charge in [0.25, 0.3) is 0 Å². The molecule has 0 aliphatic rings. The molecule has 1 unspecified atom stereocenters. The van der Waals surface area contributed by atoms with E-state index in [2.05, 4.69) is 28.2 Å². The van der Waals surface area contributed by atoms with Crippen LogP contribution < -0.4 is 5.32 Å². The third kappa shape index (κ3) is 4.67. The van der Waals surface area contributed by atoms with Crippen LogP contribution in [0.15, 0.2) is 22.7 Å². The zero-order valence-corrected chi connectivity index (χ0v) is 12.6. The van der Waals surface area contributed by atoms with Gasteiger partial charge in [0.05, 0.1) is 4.47 Å². The topological polar surface area (TPSA) is 21.3 Å². The fraction of sp³-hybridized carbons (Fsp3) is 0.571. The van der Waals surface area contributed by atoms with Gasteiger partial charge < -0.3 is 10.1 Å². The molecule has 0 fully saturated rings. The van der Waals surface area contributed by atoms with Gasteiger partial charge in [-0.2, -0.15) is 0 Å². The van der Waals surface area contributed by atoms with Gasteiger partial charge in [-0.3, -0.25) is 0 Å². The van der Waals surface area contributed by atoms with E-state index in [-0.39, 0.29) is 11.9 Å². The highest BCUT2D eigenvalue weighted by molar-refractivity contribution is 9.10. The summed E-state index contributed by atoms with van der Waals surface area (Å²) in [5.74, 6) is -0.182. The molecule has 0 heterocycles. The molecule has 1 aromatic carbocycles. The van der Waals surface area contributed by atoms with Gasteiger partial charge in [-0.25, -0.2) is 4.39 Å². The van der Waals surface area contributed by atoms with E-state index in [0.29, 0.717) is 16.6 Å². The fourth-order valence-corrected chi connectivity index (χ4v) is 2.23. The van der Waals surface area contributed by atoms with Gasteiger partial charge in [0.1, 0.15) is 5.82 Å². The van der Waals surface area contributed by atoms with Crippen LogP contribution >= 0.6 is 15.9 Å². The van der Waals surface area contributed by atoms with Crippen molar-refractivity contribution < 1.29 is 9.13 Å². The second-order valence-electron chi connectivity index (χ2n) is 4.15. The van der Waals surface area contributed by atoms with Gasteiger partial charge in [0.2, 0.25) is 0 Å². The summed E-state index contributed by atoms with van der Waals surface area (Å²) in [6.45, 7) is 6.33. The minimum absolute atomic E-state index is 0.00403. The lowest BCUT2D eigenvalue weighted by molar-refractivity contribution is 0.124. The lowest BCUT2D eigenvalue weighted by Crippen LogP contribution is -2.23. The summed E-state index contributed by atoms with van der Waals surface area (Å²) in [5.41, 5.74) is 0.700. The molecule has 0 aromatic heterocycles. The minimum atomic E-state index is -0.182. The molecular formula is C14H21BrFNO. The number of nitrogens with one attached hydrogen (secondary N) is 1. The van der Waals surface area contributed by atoms with Crippen LogP contribution in [0.5, 0.6) is 0 Å². The first kappa shape index (κ1) is 15.6. The first-order valence-electron chi connectivity index (χ1n) is 6.45. The molecule has 102 valence electrons. The van der Waals surface area contributed by atoms with Crippen molar-refractivity contribution in [3.05, 3.63) is 34.1 Å². The second-order valence-corrected chi connectivity index (χ2v) is 5.01. The molecular weight excluding hydrogens is 297 g/mol. The summed E-state index contributed by atoms with van der Waals surface area (Å²) in [7, 11) is 0. The molecule has 4 heteroatoms. The molecule has 0 bridgehead atoms. The largest absolute Gasteiger partial charge is 0.381 e. The van der Waals surface area contributed by atoms with Gasteiger partial charge in [0, 0.05) is 24.8 Å². The quantitative estimate of drug-likeness (QED) is 0.730. The van der Waals surface area contributed by atoms with Crippen LogP contribution in [0.25, 0.3) is 0 Å². The van der Waals surface area contributed by atoms with E-state index in [4.69, 9.17) is 4.74 Å². The van der Waals surface area contributed by atoms with Crippen molar-refractivity contribution in [2.24, 2.45) is 0 Å². The van der Waals surface area contributed by atoms with Gasteiger partial charge in [-0.1, -0.05) is 26.0 Å². The molecule has 0 saturated heterocycles. The van der Waals surface area contributed by atoms with Crippen LogP contribution in [0.3, 0.4) is 0 Å². The van der Waals surface area contributed by atoms with E-state index in [1.165, 1.54) is 0 Å². The van der Waals surface area contributed by atoms with Crippen molar-refractivity contribution in [1.29, 1.82) is 0 Å². The average Bonchev–Trinajstić information content (AvgIpc) is 2.37. The maximum absolute atomic E-state index is 14.0. The highest BCUT2D eigenvalue weighted by Gasteiger charge is 2.16. The van der Waals surface area contributed by atoms with Gasteiger partial charge >= 0.3 is 0 Å². The normalized spacial score (nSPS) is 12.7. The smallest absolute Gasteiger partial charge is 0.142 e. The van der Waals surface area contributed by atoms with E-state index in [0.717, 1.165) is 26.0 Å². The first-order valence-corrected chi connectivity index (χ1v) is 7.25. The van der Waals surface area contributed by atoms with E-state index < -0.39 is 0 Å². The Labute approximate surface area is 117 Å². The van der Waals surface area contributed by atoms with Crippen LogP contribution in [0, 0.1) is 5.82 Å². The second kappa shape index (κ2) is 8.62. The van der Waals surface area contributed by atoms with Crippen LogP contribution in [0.1, 0.15) is 38.3 Å². The van der Waals surface area contributed by atoms with Crippen molar-refractivity contribution in [2.45, 2.75) is 32.7 Å². The number of ether oxygens (including phenoxy) is 1. The van der Waals surface area contributed by atoms with Crippen LogP contribution in [0.2, 0.25) is 0 Å².